The molecule has 0 aromatic heterocycles. The van der Waals surface area contributed by atoms with E-state index < -0.39 is 0 Å². The van der Waals surface area contributed by atoms with Gasteiger partial charge in [0.05, 0.1) is 13.2 Å². The average Bonchev–Trinajstić information content (AvgIpc) is 2.39. The van der Waals surface area contributed by atoms with Crippen LogP contribution in [0.25, 0.3) is 0 Å². The van der Waals surface area contributed by atoms with Crippen molar-refractivity contribution in [2.45, 2.75) is 26.2 Å². The molecule has 0 aromatic carbocycles. The Kier molecular flexibility index (Phi) is 2.69. The van der Waals surface area contributed by atoms with Crippen LogP contribution in [0.15, 0.2) is 0 Å². The minimum Gasteiger partial charge on any atom is -0.396 e. The Morgan fingerprint density at radius 3 is 2.80 bits per heavy atom. The van der Waals surface area contributed by atoms with Gasteiger partial charge in [-0.15, -0.1) is 0 Å². The van der Waals surface area contributed by atoms with Gasteiger partial charge in [0.2, 0.25) is 0 Å². The monoisotopic (exact) mass is 144 g/mol. The van der Waals surface area contributed by atoms with Crippen molar-refractivity contribution in [3.05, 3.63) is 0 Å². The van der Waals surface area contributed by atoms with Crippen LogP contribution in [0.4, 0.5) is 0 Å². The van der Waals surface area contributed by atoms with Gasteiger partial charge in [-0.1, -0.05) is 13.3 Å². The number of hydrogen-bond acceptors (Lipinski definition) is 2. The summed E-state index contributed by atoms with van der Waals surface area (Å²) in [5, 5.41) is 9.07. The lowest BCUT2D eigenvalue weighted by atomic mass is 9.84. The van der Waals surface area contributed by atoms with Crippen molar-refractivity contribution in [3.8, 4) is 0 Å². The van der Waals surface area contributed by atoms with Crippen LogP contribution in [0.1, 0.15) is 26.2 Å². The normalized spacial score (nSPS) is 33.0. The summed E-state index contributed by atoms with van der Waals surface area (Å²) in [5.74, 6) is 0. The Morgan fingerprint density at radius 1 is 1.60 bits per heavy atom. The lowest BCUT2D eigenvalue weighted by Gasteiger charge is -2.23. The van der Waals surface area contributed by atoms with Crippen LogP contribution in [0.2, 0.25) is 0 Å². The molecule has 0 aromatic rings. The van der Waals surface area contributed by atoms with E-state index in [9.17, 15) is 0 Å². The topological polar surface area (TPSA) is 29.5 Å². The van der Waals surface area contributed by atoms with Gasteiger partial charge >= 0.3 is 0 Å². The second-order valence-corrected chi connectivity index (χ2v) is 3.21. The SMILES string of the molecule is CCCC1(CO)CCOC1. The smallest absolute Gasteiger partial charge is 0.0545 e. The summed E-state index contributed by atoms with van der Waals surface area (Å²) in [6.45, 7) is 4.04. The molecule has 0 aliphatic carbocycles. The molecule has 0 bridgehead atoms. The van der Waals surface area contributed by atoms with Gasteiger partial charge in [0, 0.05) is 12.0 Å². The molecule has 1 fully saturated rings. The molecule has 1 N–H and O–H groups in total. The zero-order chi connectivity index (χ0) is 7.45. The number of aliphatic hydroxyl groups excluding tert-OH is 1. The number of rotatable bonds is 3. The first-order valence-corrected chi connectivity index (χ1v) is 4.01. The predicted molar refractivity (Wildman–Crippen MR) is 39.9 cm³/mol. The summed E-state index contributed by atoms with van der Waals surface area (Å²) in [5.41, 5.74) is 0.120. The summed E-state index contributed by atoms with van der Waals surface area (Å²) in [4.78, 5) is 0. The number of hydrogen-bond donors (Lipinski definition) is 1. The van der Waals surface area contributed by atoms with E-state index in [1.165, 1.54) is 0 Å². The van der Waals surface area contributed by atoms with E-state index in [-0.39, 0.29) is 5.41 Å². The molecule has 2 heteroatoms. The molecular formula is C8H16O2. The second-order valence-electron chi connectivity index (χ2n) is 3.21. The fraction of sp³-hybridized carbons (Fsp3) is 1.00. The van der Waals surface area contributed by atoms with E-state index in [0.717, 1.165) is 32.5 Å². The van der Waals surface area contributed by atoms with Gasteiger partial charge < -0.3 is 9.84 Å². The molecule has 1 rings (SSSR count). The van der Waals surface area contributed by atoms with Gasteiger partial charge in [0.15, 0.2) is 0 Å². The van der Waals surface area contributed by atoms with Gasteiger partial charge in [-0.05, 0) is 12.8 Å². The molecule has 1 atom stereocenters. The maximum absolute atomic E-state index is 9.07. The average molecular weight is 144 g/mol. The Hall–Kier alpha value is -0.0800. The second kappa shape index (κ2) is 3.35. The lowest BCUT2D eigenvalue weighted by Crippen LogP contribution is -2.25. The highest BCUT2D eigenvalue weighted by Gasteiger charge is 2.32. The van der Waals surface area contributed by atoms with E-state index in [1.54, 1.807) is 0 Å². The van der Waals surface area contributed by atoms with Crippen molar-refractivity contribution in [1.29, 1.82) is 0 Å². The first-order chi connectivity index (χ1) is 4.83. The molecule has 0 radical (unpaired) electrons. The predicted octanol–water partition coefficient (Wildman–Crippen LogP) is 1.19. The van der Waals surface area contributed by atoms with Crippen LogP contribution in [-0.4, -0.2) is 24.9 Å². The van der Waals surface area contributed by atoms with Crippen molar-refractivity contribution in [2.75, 3.05) is 19.8 Å². The van der Waals surface area contributed by atoms with Gasteiger partial charge in [-0.25, -0.2) is 0 Å². The van der Waals surface area contributed by atoms with Gasteiger partial charge in [-0.2, -0.15) is 0 Å². The highest BCUT2D eigenvalue weighted by Crippen LogP contribution is 2.32. The quantitative estimate of drug-likeness (QED) is 0.644. The molecule has 0 saturated carbocycles. The molecule has 0 amide bonds. The minimum atomic E-state index is 0.120. The summed E-state index contributed by atoms with van der Waals surface area (Å²) in [6.07, 6.45) is 3.28. The van der Waals surface area contributed by atoms with E-state index in [0.29, 0.717) is 6.61 Å². The minimum absolute atomic E-state index is 0.120. The van der Waals surface area contributed by atoms with Crippen molar-refractivity contribution in [3.63, 3.8) is 0 Å². The molecule has 1 aliphatic rings. The Morgan fingerprint density at radius 2 is 2.40 bits per heavy atom. The zero-order valence-corrected chi connectivity index (χ0v) is 6.60. The highest BCUT2D eigenvalue weighted by atomic mass is 16.5. The van der Waals surface area contributed by atoms with Gasteiger partial charge in [0.25, 0.3) is 0 Å². The van der Waals surface area contributed by atoms with Crippen molar-refractivity contribution < 1.29 is 9.84 Å². The van der Waals surface area contributed by atoms with E-state index in [2.05, 4.69) is 6.92 Å². The number of ether oxygens (including phenoxy) is 1. The van der Waals surface area contributed by atoms with E-state index in [4.69, 9.17) is 9.84 Å². The zero-order valence-electron chi connectivity index (χ0n) is 6.60. The fourth-order valence-corrected chi connectivity index (χ4v) is 1.58. The first-order valence-electron chi connectivity index (χ1n) is 4.01. The maximum atomic E-state index is 9.07. The molecule has 0 spiro atoms. The maximum Gasteiger partial charge on any atom is 0.0545 e. The van der Waals surface area contributed by atoms with Gasteiger partial charge in [-0.3, -0.25) is 0 Å². The van der Waals surface area contributed by atoms with E-state index in [1.807, 2.05) is 0 Å². The van der Waals surface area contributed by atoms with Crippen LogP contribution in [0.3, 0.4) is 0 Å². The van der Waals surface area contributed by atoms with Crippen molar-refractivity contribution in [2.24, 2.45) is 5.41 Å². The summed E-state index contributed by atoms with van der Waals surface area (Å²) >= 11 is 0. The van der Waals surface area contributed by atoms with Crippen molar-refractivity contribution >= 4 is 0 Å². The van der Waals surface area contributed by atoms with Crippen molar-refractivity contribution in [1.82, 2.24) is 0 Å². The molecule has 1 aliphatic heterocycles. The molecule has 1 unspecified atom stereocenters. The summed E-state index contributed by atoms with van der Waals surface area (Å²) in [6, 6.07) is 0. The standard InChI is InChI=1S/C8H16O2/c1-2-3-8(6-9)4-5-10-7-8/h9H,2-7H2,1H3. The third-order valence-electron chi connectivity index (χ3n) is 2.30. The van der Waals surface area contributed by atoms with Crippen LogP contribution < -0.4 is 0 Å². The Balaban J connectivity index is 2.41. The van der Waals surface area contributed by atoms with Gasteiger partial charge in [0.1, 0.15) is 0 Å². The molecule has 10 heavy (non-hydrogen) atoms. The third-order valence-corrected chi connectivity index (χ3v) is 2.30. The summed E-state index contributed by atoms with van der Waals surface area (Å²) in [7, 11) is 0. The summed E-state index contributed by atoms with van der Waals surface area (Å²) < 4.78 is 5.24. The molecule has 2 nitrogen and oxygen atoms in total. The number of aliphatic hydroxyl groups is 1. The molecular weight excluding hydrogens is 128 g/mol. The molecule has 60 valence electrons. The van der Waals surface area contributed by atoms with Crippen LogP contribution in [0.5, 0.6) is 0 Å². The first kappa shape index (κ1) is 8.02. The Labute approximate surface area is 62.2 Å². The fourth-order valence-electron chi connectivity index (χ4n) is 1.58. The van der Waals surface area contributed by atoms with E-state index >= 15 is 0 Å². The highest BCUT2D eigenvalue weighted by molar-refractivity contribution is 4.81. The molecule has 1 saturated heterocycles. The van der Waals surface area contributed by atoms with Crippen LogP contribution in [0, 0.1) is 5.41 Å². The third kappa shape index (κ3) is 1.50. The lowest BCUT2D eigenvalue weighted by molar-refractivity contribution is 0.0859. The largest absolute Gasteiger partial charge is 0.396 e. The van der Waals surface area contributed by atoms with Crippen LogP contribution in [-0.2, 0) is 4.74 Å². The molecule has 1 heterocycles. The Bertz CT molecular complexity index is 95.4. The van der Waals surface area contributed by atoms with Crippen LogP contribution >= 0.6 is 0 Å².